The number of hydrogen-bond donors (Lipinski definition) is 1. The Hall–Kier alpha value is -1.08. The Labute approximate surface area is 133 Å². The van der Waals surface area contributed by atoms with E-state index < -0.39 is 0 Å². The Kier molecular flexibility index (Phi) is 4.81. The highest BCUT2D eigenvalue weighted by Crippen LogP contribution is 2.28. The highest BCUT2D eigenvalue weighted by atomic mass is 127. The number of nitrogens with one attached hydrogen (secondary N) is 1. The minimum absolute atomic E-state index is 0.151. The van der Waals surface area contributed by atoms with E-state index >= 15 is 0 Å². The molecule has 98 valence electrons. The second-order valence-corrected chi connectivity index (χ2v) is 5.86. The maximum atomic E-state index is 12.2. The summed E-state index contributed by atoms with van der Waals surface area (Å²) in [5.74, 6) is 0.476. The first-order valence-electron chi connectivity index (χ1n) is 5.51. The van der Waals surface area contributed by atoms with Gasteiger partial charge >= 0.3 is 0 Å². The number of hydrogen-bond acceptors (Lipinski definition) is 2. The van der Waals surface area contributed by atoms with Gasteiger partial charge in [0, 0.05) is 8.04 Å². The molecule has 1 amide bonds. The van der Waals surface area contributed by atoms with Crippen molar-refractivity contribution in [3.05, 3.63) is 56.1 Å². The minimum Gasteiger partial charge on any atom is -0.495 e. The van der Waals surface area contributed by atoms with Crippen molar-refractivity contribution >= 4 is 50.1 Å². The van der Waals surface area contributed by atoms with Gasteiger partial charge in [0.2, 0.25) is 0 Å². The van der Waals surface area contributed by atoms with Crippen LogP contribution in [-0.2, 0) is 0 Å². The van der Waals surface area contributed by atoms with Crippen molar-refractivity contribution < 1.29 is 9.53 Å². The average molecular weight is 432 g/mol. The van der Waals surface area contributed by atoms with Crippen molar-refractivity contribution in [2.24, 2.45) is 0 Å². The second-order valence-electron chi connectivity index (χ2n) is 3.78. The van der Waals surface area contributed by atoms with E-state index in [1.165, 1.54) is 0 Å². The lowest BCUT2D eigenvalue weighted by Crippen LogP contribution is -2.14. The van der Waals surface area contributed by atoms with Crippen LogP contribution < -0.4 is 10.1 Å². The number of carbonyl (C=O) groups is 1. The van der Waals surface area contributed by atoms with Crippen molar-refractivity contribution in [3.63, 3.8) is 0 Å². The van der Waals surface area contributed by atoms with Gasteiger partial charge in [-0.2, -0.15) is 0 Å². The molecule has 2 aromatic rings. The molecule has 0 saturated carbocycles. The SMILES string of the molecule is COc1ccc(Br)cc1NC(=O)c1ccccc1I. The molecule has 2 rings (SSSR count). The largest absolute Gasteiger partial charge is 0.495 e. The summed E-state index contributed by atoms with van der Waals surface area (Å²) in [6.45, 7) is 0. The predicted molar refractivity (Wildman–Crippen MR) is 87.8 cm³/mol. The molecule has 0 fully saturated rings. The van der Waals surface area contributed by atoms with Crippen LogP contribution >= 0.6 is 38.5 Å². The number of ether oxygens (including phenoxy) is 1. The van der Waals surface area contributed by atoms with Crippen LogP contribution in [0.1, 0.15) is 10.4 Å². The van der Waals surface area contributed by atoms with E-state index in [4.69, 9.17) is 4.74 Å². The zero-order valence-electron chi connectivity index (χ0n) is 10.1. The van der Waals surface area contributed by atoms with Gasteiger partial charge in [-0.05, 0) is 52.9 Å². The van der Waals surface area contributed by atoms with Crippen LogP contribution in [0.4, 0.5) is 5.69 Å². The Morgan fingerprint density at radius 1 is 1.26 bits per heavy atom. The summed E-state index contributed by atoms with van der Waals surface area (Å²) in [5.41, 5.74) is 1.28. The fraction of sp³-hybridized carbons (Fsp3) is 0.0714. The molecule has 0 radical (unpaired) electrons. The van der Waals surface area contributed by atoms with E-state index in [-0.39, 0.29) is 5.91 Å². The Bertz CT molecular complexity index is 616. The molecule has 0 spiro atoms. The normalized spacial score (nSPS) is 10.1. The van der Waals surface area contributed by atoms with Crippen LogP contribution in [0.25, 0.3) is 0 Å². The molecule has 5 heteroatoms. The van der Waals surface area contributed by atoms with Gasteiger partial charge < -0.3 is 10.1 Å². The molecule has 0 atom stereocenters. The fourth-order valence-electron chi connectivity index (χ4n) is 1.61. The zero-order valence-corrected chi connectivity index (χ0v) is 13.9. The third-order valence-corrected chi connectivity index (χ3v) is 3.96. The molecule has 0 aliphatic rings. The molecular formula is C14H11BrINO2. The van der Waals surface area contributed by atoms with E-state index in [0.717, 1.165) is 8.04 Å². The Balaban J connectivity index is 2.29. The van der Waals surface area contributed by atoms with Crippen LogP contribution in [0, 0.1) is 3.57 Å². The smallest absolute Gasteiger partial charge is 0.256 e. The minimum atomic E-state index is -0.151. The highest BCUT2D eigenvalue weighted by Gasteiger charge is 2.12. The predicted octanol–water partition coefficient (Wildman–Crippen LogP) is 4.31. The average Bonchev–Trinajstić information content (AvgIpc) is 2.39. The Morgan fingerprint density at radius 3 is 2.68 bits per heavy atom. The van der Waals surface area contributed by atoms with Gasteiger partial charge in [-0.25, -0.2) is 0 Å². The third kappa shape index (κ3) is 3.48. The van der Waals surface area contributed by atoms with Gasteiger partial charge in [-0.3, -0.25) is 4.79 Å². The number of anilines is 1. The van der Waals surface area contributed by atoms with E-state index in [2.05, 4.69) is 43.8 Å². The summed E-state index contributed by atoms with van der Waals surface area (Å²) in [6.07, 6.45) is 0. The second kappa shape index (κ2) is 6.38. The third-order valence-electron chi connectivity index (χ3n) is 2.53. The molecule has 0 aliphatic heterocycles. The molecule has 0 aromatic heterocycles. The van der Waals surface area contributed by atoms with E-state index in [1.54, 1.807) is 19.2 Å². The highest BCUT2D eigenvalue weighted by molar-refractivity contribution is 14.1. The van der Waals surface area contributed by atoms with Crippen molar-refractivity contribution in [2.75, 3.05) is 12.4 Å². The van der Waals surface area contributed by atoms with Gasteiger partial charge in [0.15, 0.2) is 0 Å². The van der Waals surface area contributed by atoms with Crippen LogP contribution in [0.15, 0.2) is 46.9 Å². The number of carbonyl (C=O) groups excluding carboxylic acids is 1. The molecule has 19 heavy (non-hydrogen) atoms. The first kappa shape index (κ1) is 14.3. The number of benzene rings is 2. The van der Waals surface area contributed by atoms with E-state index in [1.807, 2.05) is 30.3 Å². The summed E-state index contributed by atoms with van der Waals surface area (Å²) in [4.78, 5) is 12.2. The maximum absolute atomic E-state index is 12.2. The first-order valence-corrected chi connectivity index (χ1v) is 7.38. The molecular weight excluding hydrogens is 421 g/mol. The van der Waals surface area contributed by atoms with Crippen molar-refractivity contribution in [3.8, 4) is 5.75 Å². The molecule has 0 aliphatic carbocycles. The summed E-state index contributed by atoms with van der Waals surface area (Å²) >= 11 is 5.52. The number of rotatable bonds is 3. The summed E-state index contributed by atoms with van der Waals surface area (Å²) in [7, 11) is 1.57. The number of halogens is 2. The molecule has 0 saturated heterocycles. The van der Waals surface area contributed by atoms with Gasteiger partial charge in [0.25, 0.3) is 5.91 Å². The standard InChI is InChI=1S/C14H11BrINO2/c1-19-13-7-6-9(15)8-12(13)17-14(18)10-4-2-3-5-11(10)16/h2-8H,1H3,(H,17,18). The first-order chi connectivity index (χ1) is 9.11. The molecule has 3 nitrogen and oxygen atoms in total. The number of methoxy groups -OCH3 is 1. The van der Waals surface area contributed by atoms with Crippen LogP contribution in [0.3, 0.4) is 0 Å². The van der Waals surface area contributed by atoms with Crippen molar-refractivity contribution in [1.82, 2.24) is 0 Å². The van der Waals surface area contributed by atoms with Gasteiger partial charge in [-0.1, -0.05) is 28.1 Å². The van der Waals surface area contributed by atoms with E-state index in [0.29, 0.717) is 17.0 Å². The molecule has 0 heterocycles. The lowest BCUT2D eigenvalue weighted by atomic mass is 10.2. The number of amides is 1. The van der Waals surface area contributed by atoms with Crippen LogP contribution in [0.5, 0.6) is 5.75 Å². The molecule has 1 N–H and O–H groups in total. The molecule has 2 aromatic carbocycles. The quantitative estimate of drug-likeness (QED) is 0.735. The van der Waals surface area contributed by atoms with E-state index in [9.17, 15) is 4.79 Å². The monoisotopic (exact) mass is 431 g/mol. The Morgan fingerprint density at radius 2 is 2.00 bits per heavy atom. The maximum Gasteiger partial charge on any atom is 0.256 e. The summed E-state index contributed by atoms with van der Waals surface area (Å²) in [5, 5.41) is 2.86. The molecule has 0 bridgehead atoms. The summed E-state index contributed by atoms with van der Waals surface area (Å²) in [6, 6.07) is 12.9. The zero-order chi connectivity index (χ0) is 13.8. The van der Waals surface area contributed by atoms with Gasteiger partial charge in [0.1, 0.15) is 5.75 Å². The van der Waals surface area contributed by atoms with Crippen LogP contribution in [-0.4, -0.2) is 13.0 Å². The van der Waals surface area contributed by atoms with Crippen molar-refractivity contribution in [1.29, 1.82) is 0 Å². The lowest BCUT2D eigenvalue weighted by Gasteiger charge is -2.11. The lowest BCUT2D eigenvalue weighted by molar-refractivity contribution is 0.102. The van der Waals surface area contributed by atoms with Gasteiger partial charge in [0.05, 0.1) is 18.4 Å². The topological polar surface area (TPSA) is 38.3 Å². The van der Waals surface area contributed by atoms with Gasteiger partial charge in [-0.15, -0.1) is 0 Å². The summed E-state index contributed by atoms with van der Waals surface area (Å²) < 4.78 is 7.02. The molecule has 0 unspecified atom stereocenters. The fourth-order valence-corrected chi connectivity index (χ4v) is 2.61. The van der Waals surface area contributed by atoms with Crippen LogP contribution in [0.2, 0.25) is 0 Å². The van der Waals surface area contributed by atoms with Crippen molar-refractivity contribution in [2.45, 2.75) is 0 Å².